The molecule has 0 saturated carbocycles. The van der Waals surface area contributed by atoms with Crippen LogP contribution in [0.2, 0.25) is 0 Å². The summed E-state index contributed by atoms with van der Waals surface area (Å²) in [6.45, 7) is 3.20. The highest BCUT2D eigenvalue weighted by Crippen LogP contribution is 2.22. The topological polar surface area (TPSA) is 130 Å². The molecule has 1 atom stereocenters. The van der Waals surface area contributed by atoms with Crippen molar-refractivity contribution in [2.75, 3.05) is 6.54 Å². The fourth-order valence-corrected chi connectivity index (χ4v) is 4.11. The number of carbonyl (C=O) groups excluding carboxylic acids is 1. The van der Waals surface area contributed by atoms with Gasteiger partial charge in [0.15, 0.2) is 0 Å². The number of aliphatic carboxylic acids is 1. The maximum atomic E-state index is 12.3. The Morgan fingerprint density at radius 2 is 2.00 bits per heavy atom. The molecular formula is C11H21N3O5S. The van der Waals surface area contributed by atoms with Crippen molar-refractivity contribution in [3.8, 4) is 0 Å². The molecule has 1 heterocycles. The molecule has 8 nitrogen and oxygen atoms in total. The highest BCUT2D eigenvalue weighted by molar-refractivity contribution is 7.87. The van der Waals surface area contributed by atoms with Gasteiger partial charge in [-0.1, -0.05) is 0 Å². The largest absolute Gasteiger partial charge is 0.480 e. The average Bonchev–Trinajstić information content (AvgIpc) is 2.25. The zero-order valence-electron chi connectivity index (χ0n) is 11.6. The molecule has 1 unspecified atom stereocenters. The fraction of sp³-hybridized carbons (Fsp3) is 0.818. The van der Waals surface area contributed by atoms with Gasteiger partial charge in [0.2, 0.25) is 5.91 Å². The molecule has 0 aromatic heterocycles. The van der Waals surface area contributed by atoms with Gasteiger partial charge in [-0.2, -0.15) is 17.4 Å². The molecule has 1 fully saturated rings. The fourth-order valence-electron chi connectivity index (χ4n) is 2.32. The minimum atomic E-state index is -3.99. The molecule has 0 spiro atoms. The van der Waals surface area contributed by atoms with Crippen molar-refractivity contribution in [2.24, 2.45) is 5.73 Å². The average molecular weight is 307 g/mol. The van der Waals surface area contributed by atoms with Gasteiger partial charge in [0.25, 0.3) is 10.2 Å². The van der Waals surface area contributed by atoms with Crippen molar-refractivity contribution >= 4 is 22.1 Å². The van der Waals surface area contributed by atoms with Crippen LogP contribution in [0.3, 0.4) is 0 Å². The van der Waals surface area contributed by atoms with Crippen LogP contribution in [0.1, 0.15) is 39.5 Å². The summed E-state index contributed by atoms with van der Waals surface area (Å²) in [5, 5.41) is 9.11. The molecule has 20 heavy (non-hydrogen) atoms. The van der Waals surface area contributed by atoms with E-state index in [1.165, 1.54) is 13.8 Å². The Hall–Kier alpha value is -1.19. The number of nitrogens with one attached hydrogen (secondary N) is 1. The van der Waals surface area contributed by atoms with Crippen molar-refractivity contribution < 1.29 is 23.1 Å². The number of hydrogen-bond donors (Lipinski definition) is 3. The lowest BCUT2D eigenvalue weighted by atomic mass is 10.0. The van der Waals surface area contributed by atoms with Gasteiger partial charge >= 0.3 is 5.97 Å². The summed E-state index contributed by atoms with van der Waals surface area (Å²) in [5.74, 6) is -1.80. The molecule has 0 aromatic carbocycles. The Morgan fingerprint density at radius 3 is 2.50 bits per heavy atom. The first kappa shape index (κ1) is 16.9. The van der Waals surface area contributed by atoms with Crippen LogP contribution in [0.25, 0.3) is 0 Å². The number of carboxylic acids is 1. The van der Waals surface area contributed by atoms with Crippen molar-refractivity contribution in [2.45, 2.75) is 51.1 Å². The standard InChI is InChI=1S/C11H21N3O5S/c1-11(2,7-9(12)15)13-20(18,19)14-6-4-3-5-8(14)10(16)17/h8,13H,3-7H2,1-2H3,(H2,12,15)(H,16,17). The third-order valence-electron chi connectivity index (χ3n) is 3.07. The van der Waals surface area contributed by atoms with E-state index in [2.05, 4.69) is 4.72 Å². The van der Waals surface area contributed by atoms with E-state index in [-0.39, 0.29) is 19.4 Å². The SMILES string of the molecule is CC(C)(CC(N)=O)NS(=O)(=O)N1CCCCC1C(=O)O. The lowest BCUT2D eigenvalue weighted by Gasteiger charge is -2.35. The first-order chi connectivity index (χ1) is 9.05. The van der Waals surface area contributed by atoms with E-state index in [0.717, 1.165) is 4.31 Å². The molecule has 116 valence electrons. The molecular weight excluding hydrogens is 286 g/mol. The number of nitrogens with two attached hydrogens (primary N) is 1. The van der Waals surface area contributed by atoms with Crippen molar-refractivity contribution in [1.29, 1.82) is 0 Å². The van der Waals surface area contributed by atoms with E-state index in [1.807, 2.05) is 0 Å². The second-order valence-electron chi connectivity index (χ2n) is 5.59. The quantitative estimate of drug-likeness (QED) is 0.604. The molecule has 0 aromatic rings. The van der Waals surface area contributed by atoms with Gasteiger partial charge in [-0.25, -0.2) is 0 Å². The monoisotopic (exact) mass is 307 g/mol. The molecule has 9 heteroatoms. The van der Waals surface area contributed by atoms with Gasteiger partial charge < -0.3 is 10.8 Å². The van der Waals surface area contributed by atoms with Gasteiger partial charge in [0.1, 0.15) is 6.04 Å². The van der Waals surface area contributed by atoms with E-state index in [0.29, 0.717) is 12.8 Å². The van der Waals surface area contributed by atoms with Crippen LogP contribution in [0.4, 0.5) is 0 Å². The third-order valence-corrected chi connectivity index (χ3v) is 4.93. The highest BCUT2D eigenvalue weighted by atomic mass is 32.2. The lowest BCUT2D eigenvalue weighted by Crippen LogP contribution is -2.57. The van der Waals surface area contributed by atoms with Crippen LogP contribution < -0.4 is 10.5 Å². The Bertz CT molecular complexity index is 488. The first-order valence-corrected chi connectivity index (χ1v) is 7.81. The Balaban J connectivity index is 2.91. The van der Waals surface area contributed by atoms with E-state index < -0.39 is 33.7 Å². The zero-order valence-corrected chi connectivity index (χ0v) is 12.4. The molecule has 0 radical (unpaired) electrons. The van der Waals surface area contributed by atoms with Crippen molar-refractivity contribution in [1.82, 2.24) is 9.03 Å². The molecule has 4 N–H and O–H groups in total. The molecule has 1 aliphatic heterocycles. The van der Waals surface area contributed by atoms with E-state index in [4.69, 9.17) is 10.8 Å². The maximum Gasteiger partial charge on any atom is 0.322 e. The van der Waals surface area contributed by atoms with E-state index >= 15 is 0 Å². The summed E-state index contributed by atoms with van der Waals surface area (Å²) >= 11 is 0. The summed E-state index contributed by atoms with van der Waals surface area (Å²) in [4.78, 5) is 22.1. The van der Waals surface area contributed by atoms with Gasteiger partial charge in [0, 0.05) is 18.5 Å². The number of nitrogens with zero attached hydrogens (tertiary/aromatic N) is 1. The van der Waals surface area contributed by atoms with Crippen LogP contribution in [0.15, 0.2) is 0 Å². The second-order valence-corrected chi connectivity index (χ2v) is 7.22. The summed E-state index contributed by atoms with van der Waals surface area (Å²) in [6, 6.07) is -1.06. The lowest BCUT2D eigenvalue weighted by molar-refractivity contribution is -0.142. The molecule has 1 amide bonds. The molecule has 0 aliphatic carbocycles. The van der Waals surface area contributed by atoms with E-state index in [9.17, 15) is 18.0 Å². The number of carbonyl (C=O) groups is 2. The smallest absolute Gasteiger partial charge is 0.322 e. The van der Waals surface area contributed by atoms with E-state index in [1.54, 1.807) is 0 Å². The van der Waals surface area contributed by atoms with Gasteiger partial charge in [-0.05, 0) is 33.1 Å². The van der Waals surface area contributed by atoms with Crippen LogP contribution in [-0.4, -0.2) is 47.8 Å². The molecule has 1 rings (SSSR count). The zero-order chi connectivity index (χ0) is 15.6. The molecule has 1 saturated heterocycles. The number of piperidine rings is 1. The summed E-state index contributed by atoms with van der Waals surface area (Å²) in [7, 11) is -3.99. The van der Waals surface area contributed by atoms with Gasteiger partial charge in [-0.15, -0.1) is 0 Å². The van der Waals surface area contributed by atoms with Gasteiger partial charge in [-0.3, -0.25) is 9.59 Å². The summed E-state index contributed by atoms with van der Waals surface area (Å²) in [6.07, 6.45) is 1.40. The minimum Gasteiger partial charge on any atom is -0.480 e. The Labute approximate surface area is 118 Å². The number of primary amides is 1. The van der Waals surface area contributed by atoms with Gasteiger partial charge in [0.05, 0.1) is 0 Å². The number of hydrogen-bond acceptors (Lipinski definition) is 4. The first-order valence-electron chi connectivity index (χ1n) is 6.37. The van der Waals surface area contributed by atoms with Crippen LogP contribution in [0, 0.1) is 0 Å². The van der Waals surface area contributed by atoms with Crippen LogP contribution >= 0.6 is 0 Å². The third kappa shape index (κ3) is 4.43. The Morgan fingerprint density at radius 1 is 1.40 bits per heavy atom. The number of carboxylic acid groups (broad SMARTS) is 1. The Kier molecular flexibility index (Phi) is 5.11. The summed E-state index contributed by atoms with van der Waals surface area (Å²) < 4.78 is 27.9. The summed E-state index contributed by atoms with van der Waals surface area (Å²) in [5.41, 5.74) is 4.01. The minimum absolute atomic E-state index is 0.152. The van der Waals surface area contributed by atoms with Crippen LogP contribution in [-0.2, 0) is 19.8 Å². The second kappa shape index (κ2) is 6.06. The highest BCUT2D eigenvalue weighted by Gasteiger charge is 2.39. The predicted molar refractivity (Wildman–Crippen MR) is 71.9 cm³/mol. The molecule has 1 aliphatic rings. The van der Waals surface area contributed by atoms with Crippen molar-refractivity contribution in [3.63, 3.8) is 0 Å². The molecule has 0 bridgehead atoms. The van der Waals surface area contributed by atoms with Crippen molar-refractivity contribution in [3.05, 3.63) is 0 Å². The maximum absolute atomic E-state index is 12.3. The number of rotatable bonds is 6. The normalized spacial score (nSPS) is 21.6. The number of amides is 1. The van der Waals surface area contributed by atoms with Crippen LogP contribution in [0.5, 0.6) is 0 Å². The predicted octanol–water partition coefficient (Wildman–Crippen LogP) is -0.586.